The second kappa shape index (κ2) is 8.96. The van der Waals surface area contributed by atoms with Crippen LogP contribution in [-0.4, -0.2) is 38.6 Å². The van der Waals surface area contributed by atoms with Crippen molar-refractivity contribution in [1.82, 2.24) is 0 Å². The molecule has 1 aliphatic rings. The van der Waals surface area contributed by atoms with Gasteiger partial charge in [0.2, 0.25) is 0 Å². The molecule has 26 heavy (non-hydrogen) atoms. The van der Waals surface area contributed by atoms with Gasteiger partial charge >= 0.3 is 0 Å². The highest BCUT2D eigenvalue weighted by Crippen LogP contribution is 2.43. The third-order valence-electron chi connectivity index (χ3n) is 4.87. The van der Waals surface area contributed by atoms with Gasteiger partial charge in [-0.3, -0.25) is 9.59 Å². The number of aliphatic hydroxyl groups is 3. The van der Waals surface area contributed by atoms with Crippen LogP contribution in [0.4, 0.5) is 0 Å². The number of Topliss-reactive ketones (excluding diaryl/α,β-unsaturated/α-hetero) is 2. The molecule has 0 spiro atoms. The maximum Gasteiger partial charge on any atom is 0.176 e. The summed E-state index contributed by atoms with van der Waals surface area (Å²) in [5, 5.41) is 32.5. The lowest BCUT2D eigenvalue weighted by molar-refractivity contribution is -0.135. The molecule has 0 aromatic heterocycles. The van der Waals surface area contributed by atoms with E-state index in [1.54, 1.807) is 6.08 Å². The maximum absolute atomic E-state index is 12.9. The molecule has 0 aliphatic heterocycles. The number of hydrogen-bond donors (Lipinski definition) is 3. The molecule has 5 heteroatoms. The van der Waals surface area contributed by atoms with Crippen LogP contribution in [0.5, 0.6) is 0 Å². The summed E-state index contributed by atoms with van der Waals surface area (Å²) < 4.78 is 0. The average Bonchev–Trinajstić information content (AvgIpc) is 2.69. The van der Waals surface area contributed by atoms with Crippen molar-refractivity contribution in [1.29, 1.82) is 0 Å². The van der Waals surface area contributed by atoms with Crippen molar-refractivity contribution >= 4 is 11.6 Å². The third kappa shape index (κ3) is 4.83. The van der Waals surface area contributed by atoms with Gasteiger partial charge in [-0.2, -0.15) is 0 Å². The molecule has 1 aliphatic carbocycles. The summed E-state index contributed by atoms with van der Waals surface area (Å²) in [4.78, 5) is 25.4. The summed E-state index contributed by atoms with van der Waals surface area (Å²) in [6, 6.07) is 0. The van der Waals surface area contributed by atoms with Crippen LogP contribution in [0, 0.1) is 17.8 Å². The van der Waals surface area contributed by atoms with Gasteiger partial charge in [0, 0.05) is 6.42 Å². The van der Waals surface area contributed by atoms with E-state index < -0.39 is 34.9 Å². The normalized spacial score (nSPS) is 24.5. The van der Waals surface area contributed by atoms with Gasteiger partial charge in [0.25, 0.3) is 0 Å². The molecule has 0 fully saturated rings. The molecule has 3 atom stereocenters. The predicted octanol–water partition coefficient (Wildman–Crippen LogP) is 3.50. The Kier molecular flexibility index (Phi) is 7.78. The first-order valence-corrected chi connectivity index (χ1v) is 9.47. The van der Waals surface area contributed by atoms with Gasteiger partial charge in [-0.15, -0.1) is 0 Å². The third-order valence-corrected chi connectivity index (χ3v) is 4.87. The Labute approximate surface area is 156 Å². The molecule has 0 aromatic rings. The van der Waals surface area contributed by atoms with E-state index in [0.717, 1.165) is 5.57 Å². The smallest absolute Gasteiger partial charge is 0.176 e. The summed E-state index contributed by atoms with van der Waals surface area (Å²) in [5.41, 5.74) is -1.49. The Balaban J connectivity index is 3.31. The molecule has 3 N–H and O–H groups in total. The lowest BCUT2D eigenvalue weighted by atomic mass is 9.79. The van der Waals surface area contributed by atoms with Gasteiger partial charge in [0.1, 0.15) is 11.3 Å². The molecule has 148 valence electrons. The number of hydrogen-bond acceptors (Lipinski definition) is 5. The summed E-state index contributed by atoms with van der Waals surface area (Å²) in [6.07, 6.45) is 1.62. The van der Waals surface area contributed by atoms with Crippen molar-refractivity contribution in [3.05, 3.63) is 23.0 Å². The topological polar surface area (TPSA) is 94.8 Å². The van der Waals surface area contributed by atoms with E-state index in [-0.39, 0.29) is 30.8 Å². The van der Waals surface area contributed by atoms with Gasteiger partial charge in [-0.1, -0.05) is 39.3 Å². The summed E-state index contributed by atoms with van der Waals surface area (Å²) in [5.74, 6) is -2.43. The quantitative estimate of drug-likeness (QED) is 0.429. The zero-order chi connectivity index (χ0) is 20.2. The Bertz CT molecular complexity index is 596. The molecule has 0 amide bonds. The van der Waals surface area contributed by atoms with Crippen LogP contribution in [0.15, 0.2) is 23.0 Å². The molecule has 0 saturated heterocycles. The lowest BCUT2D eigenvalue weighted by Gasteiger charge is -2.34. The molecule has 0 heterocycles. The second-order valence-corrected chi connectivity index (χ2v) is 8.49. The van der Waals surface area contributed by atoms with Gasteiger partial charge in [-0.05, 0) is 44.9 Å². The van der Waals surface area contributed by atoms with Crippen LogP contribution in [-0.2, 0) is 9.59 Å². The zero-order valence-corrected chi connectivity index (χ0v) is 16.9. The molecule has 0 aromatic carbocycles. The molecule has 0 saturated carbocycles. The van der Waals surface area contributed by atoms with Crippen molar-refractivity contribution in [2.24, 2.45) is 17.8 Å². The number of carbonyl (C=O) groups is 2. The molecule has 5 nitrogen and oxygen atoms in total. The van der Waals surface area contributed by atoms with Gasteiger partial charge < -0.3 is 15.3 Å². The van der Waals surface area contributed by atoms with Crippen LogP contribution in [0.2, 0.25) is 0 Å². The number of ketones is 2. The monoisotopic (exact) mass is 366 g/mol. The standard InChI is InChI=1S/C21H34O5/c1-12(2)7-9-15-19(24)18(16(22)11-14(5)6)20(25)21(15,26)17(23)10-8-13(3)4/h7,13-15,17,23,25-26H,8-11H2,1-6H3/t15-,17?,21+/m1/s1. The zero-order valence-electron chi connectivity index (χ0n) is 16.9. The van der Waals surface area contributed by atoms with Crippen LogP contribution in [0.1, 0.15) is 67.2 Å². The van der Waals surface area contributed by atoms with Crippen LogP contribution in [0.3, 0.4) is 0 Å². The number of allylic oxidation sites excluding steroid dienone is 3. The van der Waals surface area contributed by atoms with Gasteiger partial charge in [0.05, 0.1) is 12.0 Å². The first kappa shape index (κ1) is 22.6. The lowest BCUT2D eigenvalue weighted by Crippen LogP contribution is -2.49. The fourth-order valence-corrected chi connectivity index (χ4v) is 3.34. The minimum absolute atomic E-state index is 0.0198. The fraction of sp³-hybridized carbons (Fsp3) is 0.714. The summed E-state index contributed by atoms with van der Waals surface area (Å²) >= 11 is 0. The van der Waals surface area contributed by atoms with Crippen molar-refractivity contribution in [2.75, 3.05) is 0 Å². The first-order valence-electron chi connectivity index (χ1n) is 9.47. The van der Waals surface area contributed by atoms with Crippen LogP contribution >= 0.6 is 0 Å². The summed E-state index contributed by atoms with van der Waals surface area (Å²) in [7, 11) is 0. The minimum atomic E-state index is -2.11. The molecular formula is C21H34O5. The van der Waals surface area contributed by atoms with Crippen molar-refractivity contribution in [3.8, 4) is 0 Å². The van der Waals surface area contributed by atoms with Gasteiger partial charge in [0.15, 0.2) is 17.2 Å². The van der Waals surface area contributed by atoms with Gasteiger partial charge in [-0.25, -0.2) is 0 Å². The number of aliphatic hydroxyl groups excluding tert-OH is 2. The molecule has 0 bridgehead atoms. The molecule has 1 unspecified atom stereocenters. The molecular weight excluding hydrogens is 332 g/mol. The Hall–Kier alpha value is -1.46. The Morgan fingerprint density at radius 3 is 2.19 bits per heavy atom. The largest absolute Gasteiger partial charge is 0.508 e. The van der Waals surface area contributed by atoms with E-state index in [9.17, 15) is 24.9 Å². The van der Waals surface area contributed by atoms with E-state index >= 15 is 0 Å². The van der Waals surface area contributed by atoms with Crippen LogP contribution in [0.25, 0.3) is 0 Å². The molecule has 0 radical (unpaired) electrons. The Morgan fingerprint density at radius 2 is 1.73 bits per heavy atom. The number of rotatable bonds is 9. The van der Waals surface area contributed by atoms with E-state index in [4.69, 9.17) is 0 Å². The SMILES string of the molecule is CC(C)=CC[C@@H]1C(=O)C(C(=O)CC(C)C)=C(O)[C@@]1(O)C(O)CCC(C)C. The highest BCUT2D eigenvalue weighted by molar-refractivity contribution is 6.23. The average molecular weight is 366 g/mol. The van der Waals surface area contributed by atoms with E-state index in [0.29, 0.717) is 12.3 Å². The Morgan fingerprint density at radius 1 is 1.15 bits per heavy atom. The van der Waals surface area contributed by atoms with Crippen molar-refractivity contribution in [3.63, 3.8) is 0 Å². The summed E-state index contributed by atoms with van der Waals surface area (Å²) in [6.45, 7) is 11.4. The minimum Gasteiger partial charge on any atom is -0.508 e. The van der Waals surface area contributed by atoms with Crippen molar-refractivity contribution in [2.45, 2.75) is 78.9 Å². The maximum atomic E-state index is 12.9. The highest BCUT2D eigenvalue weighted by Gasteiger charge is 2.58. The van der Waals surface area contributed by atoms with Crippen molar-refractivity contribution < 1.29 is 24.9 Å². The molecule has 1 rings (SSSR count). The van der Waals surface area contributed by atoms with E-state index in [1.165, 1.54) is 0 Å². The first-order chi connectivity index (χ1) is 11.9. The van der Waals surface area contributed by atoms with E-state index in [1.807, 2.05) is 41.5 Å². The van der Waals surface area contributed by atoms with Crippen LogP contribution < -0.4 is 0 Å². The predicted molar refractivity (Wildman–Crippen MR) is 102 cm³/mol. The van der Waals surface area contributed by atoms with E-state index in [2.05, 4.69) is 0 Å². The fourth-order valence-electron chi connectivity index (χ4n) is 3.34. The second-order valence-electron chi connectivity index (χ2n) is 8.49. The number of carbonyl (C=O) groups excluding carboxylic acids is 2. The highest BCUT2D eigenvalue weighted by atomic mass is 16.4.